The molecule has 2 aromatic carbocycles. The molecule has 2 aromatic rings. The lowest BCUT2D eigenvalue weighted by molar-refractivity contribution is -0.116. The lowest BCUT2D eigenvalue weighted by Gasteiger charge is -2.14. The van der Waals surface area contributed by atoms with Crippen molar-refractivity contribution in [2.24, 2.45) is 0 Å². The van der Waals surface area contributed by atoms with Gasteiger partial charge in [0.2, 0.25) is 0 Å². The molecule has 0 aliphatic carbocycles. The molecule has 136 valence electrons. The minimum absolute atomic E-state index is 0.0000302. The van der Waals surface area contributed by atoms with Gasteiger partial charge in [-0.05, 0) is 35.8 Å². The number of carbonyl (C=O) groups excluding carboxylic acids is 1. The SMILES string of the molecule is COc1cccc(/C=C(/C(=O)NC2CCS(=O)(=O)C2)c2ccccc2)c1. The first-order valence-electron chi connectivity index (χ1n) is 8.39. The number of sulfone groups is 1. The van der Waals surface area contributed by atoms with E-state index in [1.807, 2.05) is 54.6 Å². The highest BCUT2D eigenvalue weighted by atomic mass is 32.2. The Hall–Kier alpha value is -2.60. The average Bonchev–Trinajstić information content (AvgIpc) is 2.99. The summed E-state index contributed by atoms with van der Waals surface area (Å²) in [5, 5.41) is 2.86. The molecular formula is C20H21NO4S. The Morgan fingerprint density at radius 3 is 2.58 bits per heavy atom. The predicted molar refractivity (Wildman–Crippen MR) is 103 cm³/mol. The number of rotatable bonds is 5. The number of hydrogen-bond donors (Lipinski definition) is 1. The summed E-state index contributed by atoms with van der Waals surface area (Å²) >= 11 is 0. The largest absolute Gasteiger partial charge is 0.497 e. The Bertz CT molecular complexity index is 920. The molecule has 0 radical (unpaired) electrons. The average molecular weight is 371 g/mol. The van der Waals surface area contributed by atoms with Crippen molar-refractivity contribution >= 4 is 27.4 Å². The van der Waals surface area contributed by atoms with Crippen LogP contribution in [0.4, 0.5) is 0 Å². The van der Waals surface area contributed by atoms with Gasteiger partial charge in [-0.15, -0.1) is 0 Å². The fourth-order valence-electron chi connectivity index (χ4n) is 2.97. The molecule has 1 fully saturated rings. The second-order valence-electron chi connectivity index (χ2n) is 6.27. The molecular weight excluding hydrogens is 350 g/mol. The molecule has 0 aromatic heterocycles. The molecule has 1 saturated heterocycles. The summed E-state index contributed by atoms with van der Waals surface area (Å²) in [5.74, 6) is 0.549. The number of hydrogen-bond acceptors (Lipinski definition) is 4. The molecule has 0 bridgehead atoms. The van der Waals surface area contributed by atoms with E-state index < -0.39 is 9.84 Å². The van der Waals surface area contributed by atoms with E-state index >= 15 is 0 Å². The van der Waals surface area contributed by atoms with E-state index in [9.17, 15) is 13.2 Å². The summed E-state index contributed by atoms with van der Waals surface area (Å²) in [6.07, 6.45) is 2.24. The fourth-order valence-corrected chi connectivity index (χ4v) is 4.64. The van der Waals surface area contributed by atoms with E-state index in [2.05, 4.69) is 5.32 Å². The number of ether oxygens (including phenoxy) is 1. The Kier molecular flexibility index (Phi) is 5.42. The van der Waals surface area contributed by atoms with Gasteiger partial charge in [0.05, 0.1) is 18.6 Å². The third-order valence-electron chi connectivity index (χ3n) is 4.30. The highest BCUT2D eigenvalue weighted by Crippen LogP contribution is 2.22. The zero-order valence-electron chi connectivity index (χ0n) is 14.5. The molecule has 1 aliphatic rings. The minimum Gasteiger partial charge on any atom is -0.497 e. The number of benzene rings is 2. The van der Waals surface area contributed by atoms with Crippen LogP contribution in [0.25, 0.3) is 11.6 Å². The highest BCUT2D eigenvalue weighted by molar-refractivity contribution is 7.91. The van der Waals surface area contributed by atoms with Crippen LogP contribution < -0.4 is 10.1 Å². The molecule has 1 aliphatic heterocycles. The molecule has 26 heavy (non-hydrogen) atoms. The third-order valence-corrected chi connectivity index (χ3v) is 6.07. The quantitative estimate of drug-likeness (QED) is 0.648. The minimum atomic E-state index is -3.05. The highest BCUT2D eigenvalue weighted by Gasteiger charge is 2.29. The summed E-state index contributed by atoms with van der Waals surface area (Å²) in [5.41, 5.74) is 2.09. The maximum absolute atomic E-state index is 12.9. The molecule has 1 amide bonds. The van der Waals surface area contributed by atoms with Gasteiger partial charge < -0.3 is 10.1 Å². The first kappa shape index (κ1) is 18.2. The van der Waals surface area contributed by atoms with Crippen LogP contribution in [-0.4, -0.2) is 39.0 Å². The van der Waals surface area contributed by atoms with Crippen LogP contribution in [0.15, 0.2) is 54.6 Å². The topological polar surface area (TPSA) is 72.5 Å². The van der Waals surface area contributed by atoms with Crippen LogP contribution in [0.3, 0.4) is 0 Å². The fraction of sp³-hybridized carbons (Fsp3) is 0.250. The molecule has 1 atom stereocenters. The molecule has 1 heterocycles. The van der Waals surface area contributed by atoms with Gasteiger partial charge in [0.15, 0.2) is 9.84 Å². The first-order valence-corrected chi connectivity index (χ1v) is 10.2. The predicted octanol–water partition coefficient (Wildman–Crippen LogP) is 2.54. The third kappa shape index (κ3) is 4.52. The van der Waals surface area contributed by atoms with Crippen molar-refractivity contribution in [1.29, 1.82) is 0 Å². The van der Waals surface area contributed by atoms with E-state index in [0.717, 1.165) is 11.1 Å². The summed E-state index contributed by atoms with van der Waals surface area (Å²) in [6.45, 7) is 0. The van der Waals surface area contributed by atoms with Crippen molar-refractivity contribution in [3.05, 3.63) is 65.7 Å². The first-order chi connectivity index (χ1) is 12.5. The molecule has 0 saturated carbocycles. The maximum Gasteiger partial charge on any atom is 0.252 e. The van der Waals surface area contributed by atoms with Crippen molar-refractivity contribution < 1.29 is 17.9 Å². The van der Waals surface area contributed by atoms with Gasteiger partial charge in [0, 0.05) is 11.6 Å². The molecule has 0 spiro atoms. The summed E-state index contributed by atoms with van der Waals surface area (Å²) in [4.78, 5) is 12.9. The van der Waals surface area contributed by atoms with Crippen LogP contribution in [0.5, 0.6) is 5.75 Å². The van der Waals surface area contributed by atoms with Gasteiger partial charge >= 0.3 is 0 Å². The van der Waals surface area contributed by atoms with Gasteiger partial charge in [-0.2, -0.15) is 0 Å². The van der Waals surface area contributed by atoms with Crippen molar-refractivity contribution in [1.82, 2.24) is 5.32 Å². The summed E-state index contributed by atoms with van der Waals surface area (Å²) in [7, 11) is -1.46. The Morgan fingerprint density at radius 2 is 1.92 bits per heavy atom. The molecule has 6 heteroatoms. The number of nitrogens with one attached hydrogen (secondary N) is 1. The van der Waals surface area contributed by atoms with E-state index in [4.69, 9.17) is 4.74 Å². The van der Waals surface area contributed by atoms with Crippen molar-refractivity contribution in [2.45, 2.75) is 12.5 Å². The van der Waals surface area contributed by atoms with Crippen LogP contribution in [0, 0.1) is 0 Å². The summed E-state index contributed by atoms with van der Waals surface area (Å²) in [6, 6.07) is 16.4. The Balaban J connectivity index is 1.91. The maximum atomic E-state index is 12.9. The van der Waals surface area contributed by atoms with Gasteiger partial charge in [-0.25, -0.2) is 8.42 Å². The van der Waals surface area contributed by atoms with E-state index in [1.54, 1.807) is 13.2 Å². The van der Waals surface area contributed by atoms with E-state index in [1.165, 1.54) is 0 Å². The van der Waals surface area contributed by atoms with E-state index in [-0.39, 0.29) is 23.5 Å². The number of methoxy groups -OCH3 is 1. The van der Waals surface area contributed by atoms with Crippen LogP contribution >= 0.6 is 0 Å². The zero-order valence-corrected chi connectivity index (χ0v) is 15.3. The Morgan fingerprint density at radius 1 is 1.15 bits per heavy atom. The van der Waals surface area contributed by atoms with Crippen molar-refractivity contribution in [3.63, 3.8) is 0 Å². The second-order valence-corrected chi connectivity index (χ2v) is 8.50. The van der Waals surface area contributed by atoms with Crippen LogP contribution in [-0.2, 0) is 14.6 Å². The monoisotopic (exact) mass is 371 g/mol. The normalized spacial score (nSPS) is 19.1. The van der Waals surface area contributed by atoms with Gasteiger partial charge in [0.25, 0.3) is 5.91 Å². The molecule has 3 rings (SSSR count). The van der Waals surface area contributed by atoms with Gasteiger partial charge in [-0.1, -0.05) is 42.5 Å². The molecule has 1 unspecified atom stereocenters. The molecule has 5 nitrogen and oxygen atoms in total. The van der Waals surface area contributed by atoms with Crippen LogP contribution in [0.1, 0.15) is 17.5 Å². The summed E-state index contributed by atoms with van der Waals surface area (Å²) < 4.78 is 28.5. The van der Waals surface area contributed by atoms with E-state index in [0.29, 0.717) is 17.7 Å². The Labute approximate surface area is 153 Å². The smallest absolute Gasteiger partial charge is 0.252 e. The van der Waals surface area contributed by atoms with Gasteiger partial charge in [0.1, 0.15) is 5.75 Å². The standard InChI is InChI=1S/C20H21NO4S/c1-25-18-9-5-6-15(12-18)13-19(16-7-3-2-4-8-16)20(22)21-17-10-11-26(23,24)14-17/h2-9,12-13,17H,10-11,14H2,1H3,(H,21,22)/b19-13+. The number of carbonyl (C=O) groups is 1. The van der Waals surface area contributed by atoms with Crippen molar-refractivity contribution in [2.75, 3.05) is 18.6 Å². The lowest BCUT2D eigenvalue weighted by atomic mass is 10.0. The zero-order chi connectivity index (χ0) is 18.6. The lowest BCUT2D eigenvalue weighted by Crippen LogP contribution is -2.36. The van der Waals surface area contributed by atoms with Gasteiger partial charge in [-0.3, -0.25) is 4.79 Å². The van der Waals surface area contributed by atoms with Crippen LogP contribution in [0.2, 0.25) is 0 Å². The van der Waals surface area contributed by atoms with Crippen molar-refractivity contribution in [3.8, 4) is 5.75 Å². The molecule has 1 N–H and O–H groups in total. The second kappa shape index (κ2) is 7.74. The number of amides is 1.